The van der Waals surface area contributed by atoms with Gasteiger partial charge in [0.1, 0.15) is 0 Å². The van der Waals surface area contributed by atoms with Crippen molar-refractivity contribution in [3.8, 4) is 0 Å². The first-order chi connectivity index (χ1) is 13.9. The van der Waals surface area contributed by atoms with Crippen LogP contribution in [-0.2, 0) is 4.79 Å². The molecular weight excluding hydrogens is 368 g/mol. The average Bonchev–Trinajstić information content (AvgIpc) is 2.70. The summed E-state index contributed by atoms with van der Waals surface area (Å²) in [5.41, 5.74) is 2.23. The molecule has 0 saturated carbocycles. The standard InChI is InChI=1S/C22H28N4O3/c1-4-11-23-21(28)16-7-6-10-19(13-16)26-20(27)14-24-18-9-5-8-17(12-18)22(29)25-15(2)3/h5-10,12-13,15,24H,4,11,14H2,1-3H3,(H,23,28)(H,25,29)(H,26,27). The van der Waals surface area contributed by atoms with Crippen LogP contribution in [0.4, 0.5) is 11.4 Å². The summed E-state index contributed by atoms with van der Waals surface area (Å²) in [5.74, 6) is -0.586. The molecule has 0 aliphatic heterocycles. The Balaban J connectivity index is 1.92. The third-order valence-corrected chi connectivity index (χ3v) is 3.94. The maximum atomic E-state index is 12.2. The third-order valence-electron chi connectivity index (χ3n) is 3.94. The molecule has 0 aliphatic carbocycles. The van der Waals surface area contributed by atoms with Crippen molar-refractivity contribution in [3.05, 3.63) is 59.7 Å². The lowest BCUT2D eigenvalue weighted by molar-refractivity contribution is -0.114. The minimum Gasteiger partial charge on any atom is -0.376 e. The lowest BCUT2D eigenvalue weighted by atomic mass is 10.1. The summed E-state index contributed by atoms with van der Waals surface area (Å²) in [6, 6.07) is 13.8. The maximum absolute atomic E-state index is 12.2. The molecule has 29 heavy (non-hydrogen) atoms. The van der Waals surface area contributed by atoms with Gasteiger partial charge in [0.05, 0.1) is 6.54 Å². The fourth-order valence-electron chi connectivity index (χ4n) is 2.58. The van der Waals surface area contributed by atoms with Crippen LogP contribution >= 0.6 is 0 Å². The van der Waals surface area contributed by atoms with Crippen molar-refractivity contribution in [2.75, 3.05) is 23.7 Å². The topological polar surface area (TPSA) is 99.3 Å². The summed E-state index contributed by atoms with van der Waals surface area (Å²) in [5, 5.41) is 11.4. The van der Waals surface area contributed by atoms with E-state index >= 15 is 0 Å². The maximum Gasteiger partial charge on any atom is 0.251 e. The fourth-order valence-corrected chi connectivity index (χ4v) is 2.58. The Bertz CT molecular complexity index is 865. The van der Waals surface area contributed by atoms with Gasteiger partial charge in [-0.1, -0.05) is 19.1 Å². The molecule has 0 aliphatic rings. The van der Waals surface area contributed by atoms with Crippen LogP contribution in [-0.4, -0.2) is 36.9 Å². The van der Waals surface area contributed by atoms with Gasteiger partial charge in [0.25, 0.3) is 11.8 Å². The van der Waals surface area contributed by atoms with Gasteiger partial charge in [0, 0.05) is 35.1 Å². The van der Waals surface area contributed by atoms with E-state index in [1.165, 1.54) is 0 Å². The molecule has 2 aromatic rings. The smallest absolute Gasteiger partial charge is 0.251 e. The molecule has 0 heterocycles. The van der Waals surface area contributed by atoms with E-state index in [0.29, 0.717) is 29.0 Å². The number of rotatable bonds is 9. The highest BCUT2D eigenvalue weighted by Gasteiger charge is 2.09. The largest absolute Gasteiger partial charge is 0.376 e. The SMILES string of the molecule is CCCNC(=O)c1cccc(NC(=O)CNc2cccc(C(=O)NC(C)C)c2)c1. The molecule has 7 nitrogen and oxygen atoms in total. The van der Waals surface area contributed by atoms with Crippen LogP contribution in [0.3, 0.4) is 0 Å². The Kier molecular flexibility index (Phi) is 8.21. The summed E-state index contributed by atoms with van der Waals surface area (Å²) in [6.45, 7) is 6.41. The first-order valence-electron chi connectivity index (χ1n) is 9.72. The quantitative estimate of drug-likeness (QED) is 0.524. The van der Waals surface area contributed by atoms with Crippen LogP contribution in [0.25, 0.3) is 0 Å². The molecule has 154 valence electrons. The van der Waals surface area contributed by atoms with Crippen LogP contribution in [0.1, 0.15) is 47.9 Å². The van der Waals surface area contributed by atoms with Crippen LogP contribution in [0, 0.1) is 0 Å². The van der Waals surface area contributed by atoms with Crippen LogP contribution in [0.15, 0.2) is 48.5 Å². The van der Waals surface area contributed by atoms with Gasteiger partial charge >= 0.3 is 0 Å². The van der Waals surface area contributed by atoms with Gasteiger partial charge in [-0.25, -0.2) is 0 Å². The van der Waals surface area contributed by atoms with Crippen LogP contribution in [0.2, 0.25) is 0 Å². The highest BCUT2D eigenvalue weighted by Crippen LogP contribution is 2.12. The fraction of sp³-hybridized carbons (Fsp3) is 0.318. The molecule has 0 saturated heterocycles. The van der Waals surface area contributed by atoms with E-state index in [4.69, 9.17) is 0 Å². The van der Waals surface area contributed by atoms with Crippen molar-refractivity contribution in [2.45, 2.75) is 33.2 Å². The van der Waals surface area contributed by atoms with Gasteiger partial charge < -0.3 is 21.3 Å². The lowest BCUT2D eigenvalue weighted by Gasteiger charge is -2.11. The van der Waals surface area contributed by atoms with E-state index < -0.39 is 0 Å². The van der Waals surface area contributed by atoms with Crippen molar-refractivity contribution in [3.63, 3.8) is 0 Å². The third kappa shape index (κ3) is 7.29. The second-order valence-corrected chi connectivity index (χ2v) is 6.95. The Morgan fingerprint density at radius 1 is 0.897 bits per heavy atom. The van der Waals surface area contributed by atoms with E-state index in [-0.39, 0.29) is 30.3 Å². The number of carbonyl (C=O) groups excluding carboxylic acids is 3. The molecule has 0 radical (unpaired) electrons. The second kappa shape index (κ2) is 10.8. The molecule has 0 spiro atoms. The summed E-state index contributed by atoms with van der Waals surface area (Å²) in [4.78, 5) is 36.4. The van der Waals surface area contributed by atoms with E-state index in [0.717, 1.165) is 6.42 Å². The zero-order valence-corrected chi connectivity index (χ0v) is 17.0. The van der Waals surface area contributed by atoms with Gasteiger partial charge in [0.2, 0.25) is 5.91 Å². The van der Waals surface area contributed by atoms with Crippen LogP contribution < -0.4 is 21.3 Å². The number of carbonyl (C=O) groups is 3. The molecule has 0 aromatic heterocycles. The minimum atomic E-state index is -0.256. The first kappa shape index (κ1) is 21.9. The monoisotopic (exact) mass is 396 g/mol. The average molecular weight is 396 g/mol. The van der Waals surface area contributed by atoms with Gasteiger partial charge in [-0.05, 0) is 56.7 Å². The number of hydrogen-bond donors (Lipinski definition) is 4. The van der Waals surface area contributed by atoms with E-state index in [1.807, 2.05) is 20.8 Å². The zero-order valence-electron chi connectivity index (χ0n) is 17.0. The molecule has 0 fully saturated rings. The summed E-state index contributed by atoms with van der Waals surface area (Å²) < 4.78 is 0. The zero-order chi connectivity index (χ0) is 21.2. The Labute approximate surface area is 171 Å². The van der Waals surface area contributed by atoms with E-state index in [1.54, 1.807) is 48.5 Å². The normalized spacial score (nSPS) is 10.3. The number of amides is 3. The molecule has 2 aromatic carbocycles. The molecule has 7 heteroatoms. The van der Waals surface area contributed by atoms with Gasteiger partial charge in [0.15, 0.2) is 0 Å². The Morgan fingerprint density at radius 3 is 2.17 bits per heavy atom. The van der Waals surface area contributed by atoms with Crippen molar-refractivity contribution >= 4 is 29.1 Å². The van der Waals surface area contributed by atoms with Crippen molar-refractivity contribution in [2.24, 2.45) is 0 Å². The Morgan fingerprint density at radius 2 is 1.52 bits per heavy atom. The van der Waals surface area contributed by atoms with E-state index in [9.17, 15) is 14.4 Å². The summed E-state index contributed by atoms with van der Waals surface area (Å²) in [7, 11) is 0. The summed E-state index contributed by atoms with van der Waals surface area (Å²) >= 11 is 0. The predicted octanol–water partition coefficient (Wildman–Crippen LogP) is 3.02. The van der Waals surface area contributed by atoms with Gasteiger partial charge in [-0.3, -0.25) is 14.4 Å². The number of benzene rings is 2. The van der Waals surface area contributed by atoms with Gasteiger partial charge in [-0.15, -0.1) is 0 Å². The molecule has 2 rings (SSSR count). The van der Waals surface area contributed by atoms with Crippen molar-refractivity contribution in [1.29, 1.82) is 0 Å². The highest BCUT2D eigenvalue weighted by atomic mass is 16.2. The highest BCUT2D eigenvalue weighted by molar-refractivity contribution is 5.98. The molecular formula is C22H28N4O3. The molecule has 3 amide bonds. The number of anilines is 2. The lowest BCUT2D eigenvalue weighted by Crippen LogP contribution is -2.30. The second-order valence-electron chi connectivity index (χ2n) is 6.95. The number of hydrogen-bond acceptors (Lipinski definition) is 4. The predicted molar refractivity (Wildman–Crippen MR) is 115 cm³/mol. The molecule has 0 bridgehead atoms. The minimum absolute atomic E-state index is 0.0293. The summed E-state index contributed by atoms with van der Waals surface area (Å²) in [6.07, 6.45) is 0.855. The van der Waals surface area contributed by atoms with Crippen molar-refractivity contribution in [1.82, 2.24) is 10.6 Å². The molecule has 0 atom stereocenters. The van der Waals surface area contributed by atoms with E-state index in [2.05, 4.69) is 21.3 Å². The van der Waals surface area contributed by atoms with Crippen molar-refractivity contribution < 1.29 is 14.4 Å². The van der Waals surface area contributed by atoms with Crippen LogP contribution in [0.5, 0.6) is 0 Å². The molecule has 0 unspecified atom stereocenters. The Hall–Kier alpha value is -3.35. The number of nitrogens with one attached hydrogen (secondary N) is 4. The molecule has 4 N–H and O–H groups in total. The van der Waals surface area contributed by atoms with Gasteiger partial charge in [-0.2, -0.15) is 0 Å². The first-order valence-corrected chi connectivity index (χ1v) is 9.72.